The van der Waals surface area contributed by atoms with Gasteiger partial charge in [-0.3, -0.25) is 4.72 Å². The van der Waals surface area contributed by atoms with Crippen LogP contribution in [-0.2, 0) is 14.8 Å². The quantitative estimate of drug-likeness (QED) is 0.773. The number of aromatic nitrogens is 2. The molecule has 1 heterocycles. The van der Waals surface area contributed by atoms with E-state index in [2.05, 4.69) is 20.2 Å². The van der Waals surface area contributed by atoms with Gasteiger partial charge < -0.3 is 10.1 Å². The van der Waals surface area contributed by atoms with Crippen LogP contribution in [0.2, 0.25) is 0 Å². The van der Waals surface area contributed by atoms with Gasteiger partial charge in [-0.25, -0.2) is 13.2 Å². The summed E-state index contributed by atoms with van der Waals surface area (Å²) in [5.74, 6) is 0.193. The highest BCUT2D eigenvalue weighted by atomic mass is 32.2. The Labute approximate surface area is 133 Å². The number of anilines is 3. The molecule has 0 atom stereocenters. The van der Waals surface area contributed by atoms with E-state index in [1.807, 2.05) is 0 Å². The fourth-order valence-corrected chi connectivity index (χ4v) is 2.18. The molecule has 8 nitrogen and oxygen atoms in total. The molecule has 0 aliphatic heterocycles. The Morgan fingerprint density at radius 2 is 1.70 bits per heavy atom. The summed E-state index contributed by atoms with van der Waals surface area (Å²) in [6.45, 7) is 2.07. The lowest BCUT2D eigenvalue weighted by Crippen LogP contribution is -2.11. The van der Waals surface area contributed by atoms with Gasteiger partial charge in [0.1, 0.15) is 0 Å². The lowest BCUT2D eigenvalue weighted by Gasteiger charge is -2.07. The highest BCUT2D eigenvalue weighted by molar-refractivity contribution is 7.92. The average molecular weight is 336 g/mol. The summed E-state index contributed by atoms with van der Waals surface area (Å²) in [5.41, 5.74) is 1.16. The molecule has 0 aliphatic carbocycles. The van der Waals surface area contributed by atoms with Crippen molar-refractivity contribution in [3.63, 3.8) is 0 Å². The standard InChI is InChI=1S/C14H16N4O4S/c1-3-22-14(19)10-4-6-11(7-5-10)15-12-8-9-13(17-16-12)18-23(2,20)21/h4-9H,3H2,1-2H3,(H,15,16)(H,17,18). The van der Waals surface area contributed by atoms with Crippen molar-refractivity contribution in [1.29, 1.82) is 0 Å². The van der Waals surface area contributed by atoms with Crippen LogP contribution < -0.4 is 10.0 Å². The molecule has 0 aliphatic rings. The first-order valence-corrected chi connectivity index (χ1v) is 8.62. The third-order valence-electron chi connectivity index (χ3n) is 2.62. The minimum absolute atomic E-state index is 0.135. The molecule has 0 fully saturated rings. The molecule has 0 saturated carbocycles. The van der Waals surface area contributed by atoms with Crippen molar-refractivity contribution >= 4 is 33.3 Å². The average Bonchev–Trinajstić information content (AvgIpc) is 2.49. The second kappa shape index (κ2) is 7.05. The van der Waals surface area contributed by atoms with E-state index < -0.39 is 10.0 Å². The number of sulfonamides is 1. The van der Waals surface area contributed by atoms with E-state index in [0.717, 1.165) is 6.26 Å². The van der Waals surface area contributed by atoms with E-state index in [1.54, 1.807) is 37.3 Å². The molecule has 1 aromatic carbocycles. The van der Waals surface area contributed by atoms with Crippen LogP contribution >= 0.6 is 0 Å². The minimum atomic E-state index is -3.38. The molecule has 2 N–H and O–H groups in total. The Hall–Kier alpha value is -2.68. The Morgan fingerprint density at radius 1 is 1.09 bits per heavy atom. The van der Waals surface area contributed by atoms with Gasteiger partial charge in [0.05, 0.1) is 18.4 Å². The van der Waals surface area contributed by atoms with Gasteiger partial charge in [-0.1, -0.05) is 0 Å². The van der Waals surface area contributed by atoms with Crippen LogP contribution in [0.1, 0.15) is 17.3 Å². The fraction of sp³-hybridized carbons (Fsp3) is 0.214. The fourth-order valence-electron chi connectivity index (χ4n) is 1.70. The van der Waals surface area contributed by atoms with Crippen LogP contribution in [0.4, 0.5) is 17.3 Å². The monoisotopic (exact) mass is 336 g/mol. The first-order chi connectivity index (χ1) is 10.9. The zero-order valence-corrected chi connectivity index (χ0v) is 13.4. The second-order valence-corrected chi connectivity index (χ2v) is 6.35. The van der Waals surface area contributed by atoms with Crippen molar-refractivity contribution in [2.24, 2.45) is 0 Å². The number of benzene rings is 1. The van der Waals surface area contributed by atoms with Crippen molar-refractivity contribution in [1.82, 2.24) is 10.2 Å². The lowest BCUT2D eigenvalue weighted by atomic mass is 10.2. The number of hydrogen-bond acceptors (Lipinski definition) is 7. The van der Waals surface area contributed by atoms with Gasteiger partial charge in [0.2, 0.25) is 10.0 Å². The predicted octanol–water partition coefficient (Wildman–Crippen LogP) is 1.77. The van der Waals surface area contributed by atoms with Crippen LogP contribution in [-0.4, -0.2) is 37.4 Å². The highest BCUT2D eigenvalue weighted by Crippen LogP contribution is 2.16. The maximum atomic E-state index is 11.5. The molecule has 0 radical (unpaired) electrons. The summed E-state index contributed by atoms with van der Waals surface area (Å²) in [6.07, 6.45) is 1.03. The van der Waals surface area contributed by atoms with Crippen LogP contribution in [0.5, 0.6) is 0 Å². The first-order valence-electron chi connectivity index (χ1n) is 6.73. The van der Waals surface area contributed by atoms with Gasteiger partial charge in [0.15, 0.2) is 11.6 Å². The molecule has 2 rings (SSSR count). The van der Waals surface area contributed by atoms with Gasteiger partial charge in [0.25, 0.3) is 0 Å². The molecule has 9 heteroatoms. The molecule has 0 spiro atoms. The number of carbonyl (C=O) groups excluding carboxylic acids is 1. The summed E-state index contributed by atoms with van der Waals surface area (Å²) in [5, 5.41) is 10.6. The number of hydrogen-bond donors (Lipinski definition) is 2. The zero-order valence-electron chi connectivity index (χ0n) is 12.6. The third-order valence-corrected chi connectivity index (χ3v) is 3.20. The number of esters is 1. The Morgan fingerprint density at radius 3 is 2.22 bits per heavy atom. The smallest absolute Gasteiger partial charge is 0.338 e. The molecular formula is C14H16N4O4S. The van der Waals surface area contributed by atoms with Gasteiger partial charge in [0, 0.05) is 5.69 Å². The van der Waals surface area contributed by atoms with Crippen molar-refractivity contribution in [2.45, 2.75) is 6.92 Å². The topological polar surface area (TPSA) is 110 Å². The van der Waals surface area contributed by atoms with Crippen molar-refractivity contribution in [3.05, 3.63) is 42.0 Å². The summed E-state index contributed by atoms with van der Waals surface area (Å²) in [6, 6.07) is 9.75. The van der Waals surface area contributed by atoms with E-state index in [-0.39, 0.29) is 11.8 Å². The summed E-state index contributed by atoms with van der Waals surface area (Å²) in [4.78, 5) is 11.5. The molecule has 2 aromatic rings. The van der Waals surface area contributed by atoms with E-state index in [1.165, 1.54) is 6.07 Å². The molecule has 0 amide bonds. The third kappa shape index (κ3) is 5.22. The molecule has 0 unspecified atom stereocenters. The van der Waals surface area contributed by atoms with Gasteiger partial charge in [-0.05, 0) is 43.3 Å². The maximum Gasteiger partial charge on any atom is 0.338 e. The number of carbonyl (C=O) groups is 1. The molecule has 122 valence electrons. The number of rotatable bonds is 6. The molecule has 0 saturated heterocycles. The Bertz CT molecular complexity index is 773. The van der Waals surface area contributed by atoms with E-state index in [9.17, 15) is 13.2 Å². The molecule has 0 bridgehead atoms. The Kier molecular flexibility index (Phi) is 5.12. The second-order valence-electron chi connectivity index (χ2n) is 4.60. The van der Waals surface area contributed by atoms with Crippen LogP contribution in [0, 0.1) is 0 Å². The van der Waals surface area contributed by atoms with Crippen LogP contribution in [0.3, 0.4) is 0 Å². The first kappa shape index (κ1) is 16.7. The lowest BCUT2D eigenvalue weighted by molar-refractivity contribution is 0.0526. The zero-order chi connectivity index (χ0) is 16.9. The van der Waals surface area contributed by atoms with Gasteiger partial charge in [-0.15, -0.1) is 10.2 Å². The normalized spacial score (nSPS) is 10.9. The van der Waals surface area contributed by atoms with Crippen molar-refractivity contribution in [2.75, 3.05) is 22.9 Å². The van der Waals surface area contributed by atoms with Gasteiger partial charge in [-0.2, -0.15) is 0 Å². The maximum absolute atomic E-state index is 11.5. The SMILES string of the molecule is CCOC(=O)c1ccc(Nc2ccc(NS(C)(=O)=O)nn2)cc1. The largest absolute Gasteiger partial charge is 0.462 e. The van der Waals surface area contributed by atoms with Crippen molar-refractivity contribution < 1.29 is 17.9 Å². The number of ether oxygens (including phenoxy) is 1. The van der Waals surface area contributed by atoms with Crippen molar-refractivity contribution in [3.8, 4) is 0 Å². The van der Waals surface area contributed by atoms with E-state index in [4.69, 9.17) is 4.74 Å². The van der Waals surface area contributed by atoms with Gasteiger partial charge >= 0.3 is 5.97 Å². The number of nitrogens with zero attached hydrogens (tertiary/aromatic N) is 2. The van der Waals surface area contributed by atoms with E-state index >= 15 is 0 Å². The molecule has 23 heavy (non-hydrogen) atoms. The summed E-state index contributed by atoms with van der Waals surface area (Å²) < 4.78 is 29.3. The molecular weight excluding hydrogens is 320 g/mol. The minimum Gasteiger partial charge on any atom is -0.462 e. The predicted molar refractivity (Wildman–Crippen MR) is 86.2 cm³/mol. The summed E-state index contributed by atoms with van der Waals surface area (Å²) >= 11 is 0. The highest BCUT2D eigenvalue weighted by Gasteiger charge is 2.07. The van der Waals surface area contributed by atoms with Crippen LogP contribution in [0.25, 0.3) is 0 Å². The van der Waals surface area contributed by atoms with Crippen LogP contribution in [0.15, 0.2) is 36.4 Å². The molecule has 1 aromatic heterocycles. The Balaban J connectivity index is 2.03. The summed E-state index contributed by atoms with van der Waals surface area (Å²) in [7, 11) is -3.38. The number of nitrogens with one attached hydrogen (secondary N) is 2. The van der Waals surface area contributed by atoms with E-state index in [0.29, 0.717) is 23.7 Å².